The van der Waals surface area contributed by atoms with Crippen LogP contribution in [0.4, 0.5) is 0 Å². The Morgan fingerprint density at radius 2 is 2.00 bits per heavy atom. The minimum absolute atomic E-state index is 0.401. The second-order valence-electron chi connectivity index (χ2n) is 6.30. The fraction of sp³-hybridized carbons (Fsp3) is 1.00. The lowest BCUT2D eigenvalue weighted by atomic mass is 10.00. The molecule has 2 rings (SSSR count). The lowest BCUT2D eigenvalue weighted by Crippen LogP contribution is -2.51. The highest BCUT2D eigenvalue weighted by Gasteiger charge is 2.30. The van der Waals surface area contributed by atoms with Gasteiger partial charge >= 0.3 is 0 Å². The highest BCUT2D eigenvalue weighted by molar-refractivity contribution is 4.88. The number of nitrogens with zero attached hydrogens (tertiary/aromatic N) is 1. The van der Waals surface area contributed by atoms with Crippen LogP contribution in [0.1, 0.15) is 58.8 Å². The average Bonchev–Trinajstić information content (AvgIpc) is 2.76. The summed E-state index contributed by atoms with van der Waals surface area (Å²) in [6, 6.07) is 1.44. The maximum Gasteiger partial charge on any atom is 0.0674 e. The van der Waals surface area contributed by atoms with E-state index in [0.29, 0.717) is 12.1 Å². The van der Waals surface area contributed by atoms with Crippen LogP contribution in [0.25, 0.3) is 0 Å². The van der Waals surface area contributed by atoms with Gasteiger partial charge in [-0.3, -0.25) is 4.90 Å². The average molecular weight is 268 g/mol. The van der Waals surface area contributed by atoms with Gasteiger partial charge in [-0.15, -0.1) is 0 Å². The standard InChI is InChI=1S/C16H32N2O/c1-3-10-17-15-8-5-4-6-9-16(15)18-11-7-12-19-14(2)13-18/h14-17H,3-13H2,1-2H3. The van der Waals surface area contributed by atoms with Crippen molar-refractivity contribution in [2.24, 2.45) is 0 Å². The maximum atomic E-state index is 5.81. The van der Waals surface area contributed by atoms with E-state index >= 15 is 0 Å². The summed E-state index contributed by atoms with van der Waals surface area (Å²) in [7, 11) is 0. The first-order valence-corrected chi connectivity index (χ1v) is 8.40. The highest BCUT2D eigenvalue weighted by atomic mass is 16.5. The van der Waals surface area contributed by atoms with E-state index in [1.807, 2.05) is 0 Å². The number of nitrogens with one attached hydrogen (secondary N) is 1. The van der Waals surface area contributed by atoms with E-state index in [9.17, 15) is 0 Å². The second kappa shape index (κ2) is 8.23. The molecule has 3 nitrogen and oxygen atoms in total. The van der Waals surface area contributed by atoms with Gasteiger partial charge in [-0.05, 0) is 39.2 Å². The van der Waals surface area contributed by atoms with E-state index in [4.69, 9.17) is 4.74 Å². The first-order valence-electron chi connectivity index (χ1n) is 8.40. The van der Waals surface area contributed by atoms with Gasteiger partial charge in [0.2, 0.25) is 0 Å². The monoisotopic (exact) mass is 268 g/mol. The van der Waals surface area contributed by atoms with Gasteiger partial charge in [0.15, 0.2) is 0 Å². The van der Waals surface area contributed by atoms with Crippen molar-refractivity contribution < 1.29 is 4.74 Å². The summed E-state index contributed by atoms with van der Waals surface area (Å²) in [6.07, 6.45) is 9.78. The molecule has 3 atom stereocenters. The number of hydrogen-bond acceptors (Lipinski definition) is 3. The molecule has 0 amide bonds. The van der Waals surface area contributed by atoms with Crippen molar-refractivity contribution in [3.05, 3.63) is 0 Å². The van der Waals surface area contributed by atoms with Crippen molar-refractivity contribution in [3.63, 3.8) is 0 Å². The third-order valence-corrected chi connectivity index (χ3v) is 4.59. The molecule has 0 aromatic carbocycles. The van der Waals surface area contributed by atoms with Crippen LogP contribution >= 0.6 is 0 Å². The summed E-state index contributed by atoms with van der Waals surface area (Å²) >= 11 is 0. The largest absolute Gasteiger partial charge is 0.377 e. The van der Waals surface area contributed by atoms with Gasteiger partial charge in [-0.25, -0.2) is 0 Å². The van der Waals surface area contributed by atoms with E-state index in [2.05, 4.69) is 24.1 Å². The van der Waals surface area contributed by atoms with Crippen molar-refractivity contribution in [1.82, 2.24) is 10.2 Å². The lowest BCUT2D eigenvalue weighted by molar-refractivity contribution is 0.0550. The van der Waals surface area contributed by atoms with Crippen LogP contribution in [0.2, 0.25) is 0 Å². The molecular weight excluding hydrogens is 236 g/mol. The fourth-order valence-corrected chi connectivity index (χ4v) is 3.62. The SMILES string of the molecule is CCCNC1CCCCCC1N1CCCOC(C)C1. The van der Waals surface area contributed by atoms with E-state index in [1.165, 1.54) is 58.0 Å². The molecule has 0 aromatic rings. The zero-order chi connectivity index (χ0) is 13.5. The lowest BCUT2D eigenvalue weighted by Gasteiger charge is -2.36. The Kier molecular flexibility index (Phi) is 6.62. The van der Waals surface area contributed by atoms with Gasteiger partial charge in [0.05, 0.1) is 6.10 Å². The first-order chi connectivity index (χ1) is 9.31. The van der Waals surface area contributed by atoms with E-state index in [0.717, 1.165) is 19.2 Å². The Balaban J connectivity index is 1.98. The van der Waals surface area contributed by atoms with Crippen LogP contribution in [0.3, 0.4) is 0 Å². The summed E-state index contributed by atoms with van der Waals surface area (Å²) in [4.78, 5) is 2.72. The van der Waals surface area contributed by atoms with Gasteiger partial charge < -0.3 is 10.1 Å². The van der Waals surface area contributed by atoms with Gasteiger partial charge in [-0.1, -0.05) is 26.2 Å². The van der Waals surface area contributed by atoms with Gasteiger partial charge in [0.25, 0.3) is 0 Å². The van der Waals surface area contributed by atoms with Gasteiger partial charge in [-0.2, -0.15) is 0 Å². The van der Waals surface area contributed by atoms with Crippen molar-refractivity contribution in [2.75, 3.05) is 26.2 Å². The number of rotatable bonds is 4. The molecule has 1 aliphatic carbocycles. The summed E-state index contributed by atoms with van der Waals surface area (Å²) < 4.78 is 5.81. The zero-order valence-corrected chi connectivity index (χ0v) is 12.9. The van der Waals surface area contributed by atoms with Gasteiger partial charge in [0.1, 0.15) is 0 Å². The summed E-state index contributed by atoms with van der Waals surface area (Å²) in [5.74, 6) is 0. The van der Waals surface area contributed by atoms with Crippen LogP contribution < -0.4 is 5.32 Å². The maximum absolute atomic E-state index is 5.81. The summed E-state index contributed by atoms with van der Waals surface area (Å²) in [5.41, 5.74) is 0. The molecule has 0 bridgehead atoms. The van der Waals surface area contributed by atoms with Crippen molar-refractivity contribution >= 4 is 0 Å². The molecular formula is C16H32N2O. The Morgan fingerprint density at radius 3 is 2.84 bits per heavy atom. The molecule has 19 heavy (non-hydrogen) atoms. The molecule has 1 N–H and O–H groups in total. The van der Waals surface area contributed by atoms with Crippen LogP contribution in [0.5, 0.6) is 0 Å². The Morgan fingerprint density at radius 1 is 1.16 bits per heavy atom. The highest BCUT2D eigenvalue weighted by Crippen LogP contribution is 2.24. The Labute approximate surface area is 119 Å². The topological polar surface area (TPSA) is 24.5 Å². The minimum Gasteiger partial charge on any atom is -0.377 e. The minimum atomic E-state index is 0.401. The predicted octanol–water partition coefficient (Wildman–Crippen LogP) is 2.80. The fourth-order valence-electron chi connectivity index (χ4n) is 3.62. The van der Waals surface area contributed by atoms with Crippen molar-refractivity contribution in [1.29, 1.82) is 0 Å². The molecule has 112 valence electrons. The molecule has 3 heteroatoms. The second-order valence-corrected chi connectivity index (χ2v) is 6.30. The molecule has 3 unspecified atom stereocenters. The van der Waals surface area contributed by atoms with Crippen LogP contribution in [0, 0.1) is 0 Å². The molecule has 2 fully saturated rings. The van der Waals surface area contributed by atoms with Crippen LogP contribution in [0.15, 0.2) is 0 Å². The van der Waals surface area contributed by atoms with Crippen LogP contribution in [-0.4, -0.2) is 49.3 Å². The molecule has 0 aromatic heterocycles. The van der Waals surface area contributed by atoms with Gasteiger partial charge in [0, 0.05) is 31.8 Å². The molecule has 1 aliphatic heterocycles. The quantitative estimate of drug-likeness (QED) is 0.794. The molecule has 1 saturated carbocycles. The summed E-state index contributed by atoms with van der Waals surface area (Å²) in [5, 5.41) is 3.81. The van der Waals surface area contributed by atoms with E-state index in [1.54, 1.807) is 0 Å². The normalized spacial score (nSPS) is 34.7. The third kappa shape index (κ3) is 4.73. The molecule has 0 radical (unpaired) electrons. The molecule has 0 spiro atoms. The Bertz CT molecular complexity index is 247. The van der Waals surface area contributed by atoms with E-state index in [-0.39, 0.29) is 0 Å². The smallest absolute Gasteiger partial charge is 0.0674 e. The zero-order valence-electron chi connectivity index (χ0n) is 12.9. The molecule has 1 heterocycles. The number of ether oxygens (including phenoxy) is 1. The first kappa shape index (κ1) is 15.3. The number of hydrogen-bond donors (Lipinski definition) is 1. The third-order valence-electron chi connectivity index (χ3n) is 4.59. The predicted molar refractivity (Wildman–Crippen MR) is 80.6 cm³/mol. The summed E-state index contributed by atoms with van der Waals surface area (Å²) in [6.45, 7) is 8.94. The molecule has 1 saturated heterocycles. The van der Waals surface area contributed by atoms with Crippen molar-refractivity contribution in [3.8, 4) is 0 Å². The molecule has 2 aliphatic rings. The van der Waals surface area contributed by atoms with E-state index < -0.39 is 0 Å². The van der Waals surface area contributed by atoms with Crippen LogP contribution in [-0.2, 0) is 4.74 Å². The Hall–Kier alpha value is -0.120. The van der Waals surface area contributed by atoms with Crippen molar-refractivity contribution in [2.45, 2.75) is 77.0 Å².